The molecule has 1 aromatic carbocycles. The lowest BCUT2D eigenvalue weighted by Crippen LogP contribution is -2.64. The van der Waals surface area contributed by atoms with Gasteiger partial charge in [-0.3, -0.25) is 4.79 Å². The van der Waals surface area contributed by atoms with Gasteiger partial charge in [0.15, 0.2) is 0 Å². The SMILES string of the molecule is CCOC(=O)[C@@](O)(NC(=O)c1ccc(Cl)cc1)C(F)(F)F. The molecular formula is C12H11ClF3NO4. The number of carbonyl (C=O) groups excluding carboxylic acids is 2. The Morgan fingerprint density at radius 3 is 2.24 bits per heavy atom. The fourth-order valence-electron chi connectivity index (χ4n) is 1.31. The first kappa shape index (κ1) is 17.3. The molecule has 0 fully saturated rings. The molecule has 0 heterocycles. The van der Waals surface area contributed by atoms with Crippen LogP contribution < -0.4 is 5.32 Å². The minimum atomic E-state index is -5.44. The van der Waals surface area contributed by atoms with Crippen molar-refractivity contribution in [2.45, 2.75) is 18.8 Å². The summed E-state index contributed by atoms with van der Waals surface area (Å²) in [5.41, 5.74) is -4.34. The van der Waals surface area contributed by atoms with E-state index in [1.54, 1.807) is 0 Å². The van der Waals surface area contributed by atoms with E-state index in [-0.39, 0.29) is 10.6 Å². The first-order chi connectivity index (χ1) is 9.61. The van der Waals surface area contributed by atoms with Crippen molar-refractivity contribution in [3.63, 3.8) is 0 Å². The number of amides is 1. The molecule has 1 amide bonds. The lowest BCUT2D eigenvalue weighted by atomic mass is 10.1. The van der Waals surface area contributed by atoms with E-state index in [1.807, 2.05) is 0 Å². The molecule has 0 aliphatic heterocycles. The van der Waals surface area contributed by atoms with Gasteiger partial charge in [0.25, 0.3) is 5.91 Å². The minimum Gasteiger partial charge on any atom is -0.462 e. The predicted octanol–water partition coefficient (Wildman–Crippen LogP) is 1.88. The minimum absolute atomic E-state index is 0.216. The van der Waals surface area contributed by atoms with Crippen LogP contribution in [0, 0.1) is 0 Å². The number of carbonyl (C=O) groups is 2. The van der Waals surface area contributed by atoms with Crippen LogP contribution in [0.25, 0.3) is 0 Å². The maximum Gasteiger partial charge on any atom is 0.448 e. The molecule has 0 radical (unpaired) electrons. The lowest BCUT2D eigenvalue weighted by molar-refractivity contribution is -0.269. The third kappa shape index (κ3) is 3.85. The molecule has 5 nitrogen and oxygen atoms in total. The van der Waals surface area contributed by atoms with Gasteiger partial charge in [0.2, 0.25) is 0 Å². The Morgan fingerprint density at radius 2 is 1.81 bits per heavy atom. The van der Waals surface area contributed by atoms with Gasteiger partial charge in [0, 0.05) is 10.6 Å². The summed E-state index contributed by atoms with van der Waals surface area (Å²) in [7, 11) is 0. The van der Waals surface area contributed by atoms with Crippen molar-refractivity contribution in [3.05, 3.63) is 34.9 Å². The highest BCUT2D eigenvalue weighted by Crippen LogP contribution is 2.30. The summed E-state index contributed by atoms with van der Waals surface area (Å²) in [5, 5.41) is 11.0. The second-order valence-electron chi connectivity index (χ2n) is 3.89. The van der Waals surface area contributed by atoms with Crippen LogP contribution in [-0.4, -0.2) is 35.5 Å². The van der Waals surface area contributed by atoms with Crippen LogP contribution >= 0.6 is 11.6 Å². The molecule has 1 atom stereocenters. The van der Waals surface area contributed by atoms with Crippen molar-refractivity contribution >= 4 is 23.5 Å². The summed E-state index contributed by atoms with van der Waals surface area (Å²) < 4.78 is 42.6. The van der Waals surface area contributed by atoms with E-state index in [0.717, 1.165) is 12.1 Å². The molecule has 0 aliphatic rings. The Kier molecular flexibility index (Phi) is 5.19. The van der Waals surface area contributed by atoms with Gasteiger partial charge in [-0.15, -0.1) is 0 Å². The third-order valence-corrected chi connectivity index (χ3v) is 2.63. The fourth-order valence-corrected chi connectivity index (χ4v) is 1.44. The molecule has 1 rings (SSSR count). The quantitative estimate of drug-likeness (QED) is 0.655. The van der Waals surface area contributed by atoms with Crippen LogP contribution in [0.15, 0.2) is 24.3 Å². The zero-order valence-electron chi connectivity index (χ0n) is 10.7. The highest BCUT2D eigenvalue weighted by Gasteiger charge is 2.62. The van der Waals surface area contributed by atoms with E-state index in [1.165, 1.54) is 24.4 Å². The number of benzene rings is 1. The Morgan fingerprint density at radius 1 is 1.29 bits per heavy atom. The number of aliphatic hydroxyl groups is 1. The number of esters is 1. The molecule has 0 unspecified atom stereocenters. The second kappa shape index (κ2) is 6.31. The standard InChI is InChI=1S/C12H11ClF3NO4/c1-2-21-10(19)11(20,12(14,15)16)17-9(18)7-3-5-8(13)6-4-7/h3-6,20H,2H2,1H3,(H,17,18)/t11-/m0/s1. The number of halogens is 4. The van der Waals surface area contributed by atoms with Gasteiger partial charge in [-0.05, 0) is 31.2 Å². The normalized spacial score (nSPS) is 14.2. The lowest BCUT2D eigenvalue weighted by Gasteiger charge is -2.28. The van der Waals surface area contributed by atoms with E-state index in [9.17, 15) is 27.9 Å². The van der Waals surface area contributed by atoms with Gasteiger partial charge in [-0.2, -0.15) is 13.2 Å². The van der Waals surface area contributed by atoms with Crippen LogP contribution in [0.5, 0.6) is 0 Å². The largest absolute Gasteiger partial charge is 0.462 e. The third-order valence-electron chi connectivity index (χ3n) is 2.38. The summed E-state index contributed by atoms with van der Waals surface area (Å²) in [6.45, 7) is 0.865. The number of alkyl halides is 3. The number of hydrogen-bond donors (Lipinski definition) is 2. The maximum atomic E-state index is 12.8. The number of hydrogen-bond acceptors (Lipinski definition) is 4. The average molecular weight is 326 g/mol. The monoisotopic (exact) mass is 325 g/mol. The molecule has 0 spiro atoms. The highest BCUT2D eigenvalue weighted by atomic mass is 35.5. The fraction of sp³-hybridized carbons (Fsp3) is 0.333. The van der Waals surface area contributed by atoms with Crippen molar-refractivity contribution < 1.29 is 32.6 Å². The molecule has 0 aromatic heterocycles. The first-order valence-electron chi connectivity index (χ1n) is 5.66. The Bertz CT molecular complexity index is 532. The summed E-state index contributed by atoms with van der Waals surface area (Å²) >= 11 is 5.58. The topological polar surface area (TPSA) is 75.6 Å². The van der Waals surface area contributed by atoms with Gasteiger partial charge in [-0.25, -0.2) is 4.79 Å². The molecule has 116 valence electrons. The highest BCUT2D eigenvalue weighted by molar-refractivity contribution is 6.30. The van der Waals surface area contributed by atoms with Crippen molar-refractivity contribution in [3.8, 4) is 0 Å². The molecule has 9 heteroatoms. The van der Waals surface area contributed by atoms with E-state index in [2.05, 4.69) is 4.74 Å². The van der Waals surface area contributed by atoms with E-state index in [0.29, 0.717) is 0 Å². The van der Waals surface area contributed by atoms with E-state index in [4.69, 9.17) is 11.6 Å². The average Bonchev–Trinajstić information content (AvgIpc) is 2.38. The smallest absolute Gasteiger partial charge is 0.448 e. The Balaban J connectivity index is 3.04. The van der Waals surface area contributed by atoms with Gasteiger partial charge in [0.1, 0.15) is 0 Å². The molecule has 0 saturated heterocycles. The Hall–Kier alpha value is -1.80. The van der Waals surface area contributed by atoms with Gasteiger partial charge in [0.05, 0.1) is 6.61 Å². The summed E-state index contributed by atoms with van der Waals surface area (Å²) in [5.74, 6) is -3.32. The van der Waals surface area contributed by atoms with Gasteiger partial charge in [-0.1, -0.05) is 11.6 Å². The van der Waals surface area contributed by atoms with Crippen LogP contribution in [-0.2, 0) is 9.53 Å². The van der Waals surface area contributed by atoms with Crippen molar-refractivity contribution in [1.29, 1.82) is 0 Å². The molecule has 2 N–H and O–H groups in total. The van der Waals surface area contributed by atoms with Crippen LogP contribution in [0.4, 0.5) is 13.2 Å². The molecular weight excluding hydrogens is 315 g/mol. The summed E-state index contributed by atoms with van der Waals surface area (Å²) in [4.78, 5) is 23.0. The first-order valence-corrected chi connectivity index (χ1v) is 6.04. The second-order valence-corrected chi connectivity index (χ2v) is 4.33. The number of ether oxygens (including phenoxy) is 1. The molecule has 0 bridgehead atoms. The van der Waals surface area contributed by atoms with Gasteiger partial charge >= 0.3 is 17.9 Å². The number of rotatable bonds is 4. The van der Waals surface area contributed by atoms with Crippen molar-refractivity contribution in [1.82, 2.24) is 5.32 Å². The van der Waals surface area contributed by atoms with Crippen molar-refractivity contribution in [2.75, 3.05) is 6.61 Å². The summed E-state index contributed by atoms with van der Waals surface area (Å²) in [6, 6.07) is 4.82. The van der Waals surface area contributed by atoms with E-state index >= 15 is 0 Å². The molecule has 0 aliphatic carbocycles. The van der Waals surface area contributed by atoms with Crippen LogP contribution in [0.2, 0.25) is 5.02 Å². The Labute approximate surface area is 122 Å². The number of nitrogens with one attached hydrogen (secondary N) is 1. The zero-order valence-corrected chi connectivity index (χ0v) is 11.5. The van der Waals surface area contributed by atoms with Gasteiger partial charge < -0.3 is 15.2 Å². The predicted molar refractivity (Wildman–Crippen MR) is 66.6 cm³/mol. The van der Waals surface area contributed by atoms with Crippen molar-refractivity contribution in [2.24, 2.45) is 0 Å². The summed E-state index contributed by atoms with van der Waals surface area (Å²) in [6.07, 6.45) is -5.44. The van der Waals surface area contributed by atoms with Crippen LogP contribution in [0.1, 0.15) is 17.3 Å². The van der Waals surface area contributed by atoms with Crippen LogP contribution in [0.3, 0.4) is 0 Å². The maximum absolute atomic E-state index is 12.8. The molecule has 0 saturated carbocycles. The molecule has 1 aromatic rings. The molecule has 21 heavy (non-hydrogen) atoms. The zero-order chi connectivity index (χ0) is 16.3. The van der Waals surface area contributed by atoms with E-state index < -0.39 is 30.4 Å².